The molecule has 0 spiro atoms. The van der Waals surface area contributed by atoms with Gasteiger partial charge < -0.3 is 5.73 Å². The van der Waals surface area contributed by atoms with Crippen molar-refractivity contribution >= 4 is 45.9 Å². The van der Waals surface area contributed by atoms with E-state index >= 15 is 0 Å². The molecule has 102 valence electrons. The Morgan fingerprint density at radius 2 is 1.95 bits per heavy atom. The van der Waals surface area contributed by atoms with Crippen molar-refractivity contribution in [2.75, 3.05) is 0 Å². The lowest BCUT2D eigenvalue weighted by Gasteiger charge is -2.31. The number of hydrogen-bond donors (Lipinski definition) is 1. The van der Waals surface area contributed by atoms with Crippen LogP contribution in [0.4, 0.5) is 0 Å². The Morgan fingerprint density at radius 3 is 2.58 bits per heavy atom. The lowest BCUT2D eigenvalue weighted by Crippen LogP contribution is -2.38. The molecule has 2 N–H and O–H groups in total. The van der Waals surface area contributed by atoms with Crippen LogP contribution in [-0.2, 0) is 5.54 Å². The summed E-state index contributed by atoms with van der Waals surface area (Å²) in [6.45, 7) is 0. The Morgan fingerprint density at radius 1 is 1.21 bits per heavy atom. The first kappa shape index (κ1) is 13.8. The SMILES string of the molecule is NC1(c2nc(-c3cc(Cl)sc3Cl)cs2)CCCCC1. The van der Waals surface area contributed by atoms with E-state index in [1.807, 2.05) is 11.4 Å². The van der Waals surface area contributed by atoms with Gasteiger partial charge in [0, 0.05) is 10.9 Å². The Balaban J connectivity index is 1.93. The molecule has 0 atom stereocenters. The van der Waals surface area contributed by atoms with Gasteiger partial charge in [0.05, 0.1) is 15.6 Å². The molecule has 2 aromatic rings. The van der Waals surface area contributed by atoms with E-state index in [2.05, 4.69) is 0 Å². The smallest absolute Gasteiger partial charge is 0.113 e. The number of nitrogens with zero attached hydrogens (tertiary/aromatic N) is 1. The number of thiazole rings is 1. The molecule has 0 aromatic carbocycles. The first-order chi connectivity index (χ1) is 9.08. The summed E-state index contributed by atoms with van der Waals surface area (Å²) in [4.78, 5) is 4.71. The zero-order valence-corrected chi connectivity index (χ0v) is 13.4. The highest BCUT2D eigenvalue weighted by Gasteiger charge is 2.32. The average Bonchev–Trinajstić information content (AvgIpc) is 2.97. The number of thiophene rings is 1. The summed E-state index contributed by atoms with van der Waals surface area (Å²) >= 11 is 15.2. The molecule has 1 fully saturated rings. The van der Waals surface area contributed by atoms with Crippen molar-refractivity contribution in [3.05, 3.63) is 25.1 Å². The molecule has 19 heavy (non-hydrogen) atoms. The van der Waals surface area contributed by atoms with Crippen molar-refractivity contribution in [2.24, 2.45) is 5.73 Å². The minimum Gasteiger partial charge on any atom is -0.319 e. The molecule has 2 heterocycles. The van der Waals surface area contributed by atoms with Crippen molar-refractivity contribution in [2.45, 2.75) is 37.6 Å². The third-order valence-electron chi connectivity index (χ3n) is 3.61. The second-order valence-electron chi connectivity index (χ2n) is 4.99. The summed E-state index contributed by atoms with van der Waals surface area (Å²) in [7, 11) is 0. The molecule has 3 rings (SSSR count). The molecule has 2 nitrogen and oxygen atoms in total. The average molecular weight is 333 g/mol. The molecule has 2 aromatic heterocycles. The van der Waals surface area contributed by atoms with Gasteiger partial charge in [0.1, 0.15) is 9.34 Å². The van der Waals surface area contributed by atoms with Crippen LogP contribution in [0.5, 0.6) is 0 Å². The van der Waals surface area contributed by atoms with E-state index in [1.54, 1.807) is 11.3 Å². The molecule has 1 aliphatic carbocycles. The highest BCUT2D eigenvalue weighted by Crippen LogP contribution is 2.41. The maximum Gasteiger partial charge on any atom is 0.113 e. The zero-order chi connectivity index (χ0) is 13.5. The molecule has 0 radical (unpaired) electrons. The highest BCUT2D eigenvalue weighted by atomic mass is 35.5. The quantitative estimate of drug-likeness (QED) is 0.810. The molecular formula is C13H14Cl2N2S2. The third kappa shape index (κ3) is 2.69. The lowest BCUT2D eigenvalue weighted by molar-refractivity contribution is 0.301. The predicted octanol–water partition coefficient (Wildman–Crippen LogP) is 5.30. The van der Waals surface area contributed by atoms with Gasteiger partial charge in [0.15, 0.2) is 0 Å². The van der Waals surface area contributed by atoms with E-state index in [-0.39, 0.29) is 5.54 Å². The number of aromatic nitrogens is 1. The number of hydrogen-bond acceptors (Lipinski definition) is 4. The predicted molar refractivity (Wildman–Crippen MR) is 84.4 cm³/mol. The van der Waals surface area contributed by atoms with Crippen molar-refractivity contribution < 1.29 is 0 Å². The van der Waals surface area contributed by atoms with Gasteiger partial charge in [-0.3, -0.25) is 0 Å². The van der Waals surface area contributed by atoms with Crippen LogP contribution in [0, 0.1) is 0 Å². The van der Waals surface area contributed by atoms with Crippen LogP contribution in [0.2, 0.25) is 8.67 Å². The van der Waals surface area contributed by atoms with E-state index in [0.29, 0.717) is 8.67 Å². The number of halogens is 2. The van der Waals surface area contributed by atoms with Gasteiger partial charge in [0.25, 0.3) is 0 Å². The highest BCUT2D eigenvalue weighted by molar-refractivity contribution is 7.20. The third-order valence-corrected chi connectivity index (χ3v) is 6.16. The van der Waals surface area contributed by atoms with E-state index in [9.17, 15) is 0 Å². The molecule has 0 aliphatic heterocycles. The van der Waals surface area contributed by atoms with Gasteiger partial charge in [0.2, 0.25) is 0 Å². The van der Waals surface area contributed by atoms with Crippen LogP contribution in [0.15, 0.2) is 11.4 Å². The molecular weight excluding hydrogens is 319 g/mol. The number of nitrogens with two attached hydrogens (primary N) is 1. The maximum absolute atomic E-state index is 6.51. The summed E-state index contributed by atoms with van der Waals surface area (Å²) in [5.74, 6) is 0. The van der Waals surface area contributed by atoms with Gasteiger partial charge in [-0.25, -0.2) is 4.98 Å². The largest absolute Gasteiger partial charge is 0.319 e. The van der Waals surface area contributed by atoms with Gasteiger partial charge in [-0.1, -0.05) is 42.5 Å². The first-order valence-corrected chi connectivity index (χ1v) is 8.74. The molecule has 1 aliphatic rings. The monoisotopic (exact) mass is 332 g/mol. The van der Waals surface area contributed by atoms with Gasteiger partial charge in [-0.05, 0) is 18.9 Å². The van der Waals surface area contributed by atoms with Gasteiger partial charge >= 0.3 is 0 Å². The summed E-state index contributed by atoms with van der Waals surface area (Å²) in [6, 6.07) is 1.87. The van der Waals surface area contributed by atoms with Crippen molar-refractivity contribution in [3.63, 3.8) is 0 Å². The minimum absolute atomic E-state index is 0.243. The van der Waals surface area contributed by atoms with Crippen molar-refractivity contribution in [3.8, 4) is 11.3 Å². The molecule has 6 heteroatoms. The normalized spacial score (nSPS) is 18.7. The number of rotatable bonds is 2. The standard InChI is InChI=1S/C13H14Cl2N2S2/c14-10-6-8(11(15)19-10)9-7-18-12(17-9)13(16)4-2-1-3-5-13/h6-7H,1-5,16H2. The summed E-state index contributed by atoms with van der Waals surface area (Å²) < 4.78 is 1.38. The van der Waals surface area contributed by atoms with Crippen LogP contribution in [0.3, 0.4) is 0 Å². The molecule has 1 saturated carbocycles. The van der Waals surface area contributed by atoms with E-state index in [1.165, 1.54) is 30.6 Å². The van der Waals surface area contributed by atoms with Crippen molar-refractivity contribution in [1.82, 2.24) is 4.98 Å². The Labute approximate surface area is 130 Å². The van der Waals surface area contributed by atoms with E-state index in [4.69, 9.17) is 33.9 Å². The second-order valence-corrected chi connectivity index (χ2v) is 8.14. The second kappa shape index (κ2) is 5.34. The molecule has 0 unspecified atom stereocenters. The van der Waals surface area contributed by atoms with E-state index < -0.39 is 0 Å². The van der Waals surface area contributed by atoms with E-state index in [0.717, 1.165) is 29.1 Å². The molecule has 0 bridgehead atoms. The fourth-order valence-corrected chi connectivity index (χ4v) is 5.01. The first-order valence-electron chi connectivity index (χ1n) is 6.29. The topological polar surface area (TPSA) is 38.9 Å². The Kier molecular flexibility index (Phi) is 3.89. The van der Waals surface area contributed by atoms with Crippen LogP contribution in [-0.4, -0.2) is 4.98 Å². The minimum atomic E-state index is -0.243. The molecule has 0 amide bonds. The Bertz CT molecular complexity index is 585. The zero-order valence-electron chi connectivity index (χ0n) is 10.3. The fourth-order valence-electron chi connectivity index (χ4n) is 2.54. The van der Waals surface area contributed by atoms with Crippen LogP contribution >= 0.6 is 45.9 Å². The van der Waals surface area contributed by atoms with Crippen molar-refractivity contribution in [1.29, 1.82) is 0 Å². The molecule has 0 saturated heterocycles. The van der Waals surface area contributed by atoms with Gasteiger partial charge in [-0.15, -0.1) is 22.7 Å². The Hall–Kier alpha value is -0.130. The van der Waals surface area contributed by atoms with Crippen LogP contribution in [0.1, 0.15) is 37.1 Å². The van der Waals surface area contributed by atoms with Gasteiger partial charge in [-0.2, -0.15) is 0 Å². The van der Waals surface area contributed by atoms with Crippen LogP contribution < -0.4 is 5.73 Å². The lowest BCUT2D eigenvalue weighted by atomic mass is 9.83. The maximum atomic E-state index is 6.51. The fraction of sp³-hybridized carbons (Fsp3) is 0.462. The summed E-state index contributed by atoms with van der Waals surface area (Å²) in [5.41, 5.74) is 8.07. The van der Waals surface area contributed by atoms with Crippen LogP contribution in [0.25, 0.3) is 11.3 Å². The summed E-state index contributed by atoms with van der Waals surface area (Å²) in [5, 5.41) is 3.06. The summed E-state index contributed by atoms with van der Waals surface area (Å²) in [6.07, 6.45) is 5.71.